The molecule has 1 heterocycles. The fraction of sp³-hybridized carbons (Fsp3) is 0.750. The van der Waals surface area contributed by atoms with Crippen LogP contribution in [0, 0.1) is 0 Å². The van der Waals surface area contributed by atoms with Crippen LogP contribution >= 0.6 is 0 Å². The average Bonchev–Trinajstić information content (AvgIpc) is 2.34. The maximum Gasteiger partial charge on any atom is 0.148 e. The Hall–Kier alpha value is -0.970. The molecule has 1 N–H and O–H groups in total. The van der Waals surface area contributed by atoms with Crippen molar-refractivity contribution < 1.29 is 5.11 Å². The summed E-state index contributed by atoms with van der Waals surface area (Å²) < 4.78 is 0. The van der Waals surface area contributed by atoms with Crippen LogP contribution in [-0.4, -0.2) is 27.2 Å². The SMILES string of the molecule is [O]CCCc1nnn[nH]1. The molecule has 49 valence electrons. The van der Waals surface area contributed by atoms with Crippen LogP contribution in [0.15, 0.2) is 0 Å². The maximum absolute atomic E-state index is 9.94. The number of nitrogens with one attached hydrogen (secondary N) is 1. The van der Waals surface area contributed by atoms with Gasteiger partial charge in [-0.15, -0.1) is 5.10 Å². The Morgan fingerprint density at radius 1 is 1.56 bits per heavy atom. The summed E-state index contributed by atoms with van der Waals surface area (Å²) in [6, 6.07) is 0. The van der Waals surface area contributed by atoms with Crippen molar-refractivity contribution in [1.82, 2.24) is 20.6 Å². The van der Waals surface area contributed by atoms with Crippen molar-refractivity contribution in [3.63, 3.8) is 0 Å². The first-order valence-electron chi connectivity index (χ1n) is 2.74. The lowest BCUT2D eigenvalue weighted by molar-refractivity contribution is 0.188. The van der Waals surface area contributed by atoms with Gasteiger partial charge in [0.25, 0.3) is 0 Å². The number of hydrogen-bond donors (Lipinski definition) is 1. The zero-order valence-corrected chi connectivity index (χ0v) is 4.87. The topological polar surface area (TPSA) is 74.4 Å². The van der Waals surface area contributed by atoms with Crippen LogP contribution in [0.4, 0.5) is 0 Å². The summed E-state index contributed by atoms with van der Waals surface area (Å²) in [7, 11) is 0. The highest BCUT2D eigenvalue weighted by Gasteiger charge is 1.93. The number of aryl methyl sites for hydroxylation is 1. The van der Waals surface area contributed by atoms with E-state index in [1.165, 1.54) is 0 Å². The third-order valence-electron chi connectivity index (χ3n) is 0.947. The van der Waals surface area contributed by atoms with Gasteiger partial charge >= 0.3 is 0 Å². The third kappa shape index (κ3) is 1.77. The minimum atomic E-state index is -0.0688. The second-order valence-electron chi connectivity index (χ2n) is 1.66. The minimum absolute atomic E-state index is 0.0688. The number of hydrogen-bond acceptors (Lipinski definition) is 3. The second kappa shape index (κ2) is 3.13. The van der Waals surface area contributed by atoms with E-state index in [4.69, 9.17) is 0 Å². The highest BCUT2D eigenvalue weighted by molar-refractivity contribution is 4.74. The zero-order valence-electron chi connectivity index (χ0n) is 4.87. The number of aromatic amines is 1. The smallest absolute Gasteiger partial charge is 0.148 e. The molecule has 0 spiro atoms. The number of rotatable bonds is 3. The molecule has 0 saturated carbocycles. The standard InChI is InChI=1S/C4H7N4O/c9-3-1-2-4-5-7-8-6-4/h1-3H2,(H,5,6,7,8). The molecule has 0 saturated heterocycles. The van der Waals surface area contributed by atoms with E-state index < -0.39 is 0 Å². The molecule has 0 aromatic carbocycles. The average molecular weight is 127 g/mol. The van der Waals surface area contributed by atoms with E-state index in [1.54, 1.807) is 0 Å². The number of aromatic nitrogens is 4. The van der Waals surface area contributed by atoms with Gasteiger partial charge in [-0.3, -0.25) is 0 Å². The van der Waals surface area contributed by atoms with E-state index in [2.05, 4.69) is 20.6 Å². The zero-order chi connectivity index (χ0) is 6.53. The van der Waals surface area contributed by atoms with E-state index in [-0.39, 0.29) is 6.61 Å². The largest absolute Gasteiger partial charge is 0.243 e. The molecule has 0 bridgehead atoms. The van der Waals surface area contributed by atoms with Gasteiger partial charge in [0, 0.05) is 6.42 Å². The van der Waals surface area contributed by atoms with Crippen molar-refractivity contribution in [2.24, 2.45) is 0 Å². The van der Waals surface area contributed by atoms with Crippen molar-refractivity contribution in [3.8, 4) is 0 Å². The van der Waals surface area contributed by atoms with Crippen molar-refractivity contribution in [2.75, 3.05) is 6.61 Å². The van der Waals surface area contributed by atoms with Crippen LogP contribution in [0.2, 0.25) is 0 Å². The Bertz CT molecular complexity index is 150. The summed E-state index contributed by atoms with van der Waals surface area (Å²) in [4.78, 5) is 0. The number of tetrazole rings is 1. The van der Waals surface area contributed by atoms with E-state index >= 15 is 0 Å². The molecule has 0 unspecified atom stereocenters. The predicted octanol–water partition coefficient (Wildman–Crippen LogP) is -0.437. The van der Waals surface area contributed by atoms with Crippen LogP contribution in [0.3, 0.4) is 0 Å². The van der Waals surface area contributed by atoms with Gasteiger partial charge in [-0.1, -0.05) is 0 Å². The van der Waals surface area contributed by atoms with Crippen LogP contribution in [0.25, 0.3) is 0 Å². The molecular formula is C4H7N4O. The summed E-state index contributed by atoms with van der Waals surface area (Å²) in [5, 5.41) is 22.8. The quantitative estimate of drug-likeness (QED) is 0.598. The molecule has 5 heteroatoms. The molecule has 9 heavy (non-hydrogen) atoms. The van der Waals surface area contributed by atoms with Gasteiger partial charge in [-0.05, 0) is 16.8 Å². The van der Waals surface area contributed by atoms with Crippen molar-refractivity contribution in [2.45, 2.75) is 12.8 Å². The lowest BCUT2D eigenvalue weighted by atomic mass is 10.3. The highest BCUT2D eigenvalue weighted by Crippen LogP contribution is 1.89. The highest BCUT2D eigenvalue weighted by atomic mass is 16.2. The van der Waals surface area contributed by atoms with E-state index in [1.807, 2.05) is 0 Å². The van der Waals surface area contributed by atoms with Gasteiger partial charge in [-0.2, -0.15) is 0 Å². The Morgan fingerprint density at radius 3 is 3.00 bits per heavy atom. The molecule has 1 aromatic rings. The van der Waals surface area contributed by atoms with E-state index in [0.717, 1.165) is 0 Å². The lowest BCUT2D eigenvalue weighted by Gasteiger charge is -1.85. The van der Waals surface area contributed by atoms with Gasteiger partial charge in [0.2, 0.25) is 0 Å². The molecular weight excluding hydrogens is 120 g/mol. The molecule has 0 aliphatic rings. The van der Waals surface area contributed by atoms with Gasteiger partial charge in [-0.25, -0.2) is 10.2 Å². The normalized spacial score (nSPS) is 9.89. The van der Waals surface area contributed by atoms with Crippen molar-refractivity contribution >= 4 is 0 Å². The molecule has 0 amide bonds. The van der Waals surface area contributed by atoms with E-state index in [9.17, 15) is 5.11 Å². The first-order chi connectivity index (χ1) is 4.43. The summed E-state index contributed by atoms with van der Waals surface area (Å²) >= 11 is 0. The first kappa shape index (κ1) is 6.15. The summed E-state index contributed by atoms with van der Waals surface area (Å²) in [5.74, 6) is 0.686. The second-order valence-corrected chi connectivity index (χ2v) is 1.66. The summed E-state index contributed by atoms with van der Waals surface area (Å²) in [6.45, 7) is -0.0688. The van der Waals surface area contributed by atoms with Gasteiger partial charge in [0.05, 0.1) is 6.61 Å². The Balaban J connectivity index is 2.30. The monoisotopic (exact) mass is 127 g/mol. The van der Waals surface area contributed by atoms with Crippen LogP contribution in [-0.2, 0) is 11.5 Å². The lowest BCUT2D eigenvalue weighted by Crippen LogP contribution is -1.90. The number of H-pyrrole nitrogens is 1. The number of nitrogens with zero attached hydrogens (tertiary/aromatic N) is 3. The molecule has 0 aliphatic carbocycles. The minimum Gasteiger partial charge on any atom is -0.243 e. The Morgan fingerprint density at radius 2 is 2.44 bits per heavy atom. The van der Waals surface area contributed by atoms with Gasteiger partial charge in [0.15, 0.2) is 0 Å². The maximum atomic E-state index is 9.94. The molecule has 1 radical (unpaired) electrons. The first-order valence-corrected chi connectivity index (χ1v) is 2.74. The van der Waals surface area contributed by atoms with Crippen LogP contribution < -0.4 is 0 Å². The molecule has 0 fully saturated rings. The van der Waals surface area contributed by atoms with Crippen molar-refractivity contribution in [3.05, 3.63) is 5.82 Å². The van der Waals surface area contributed by atoms with Crippen LogP contribution in [0.1, 0.15) is 12.2 Å². The summed E-state index contributed by atoms with van der Waals surface area (Å²) in [6.07, 6.45) is 1.24. The fourth-order valence-corrected chi connectivity index (χ4v) is 0.524. The van der Waals surface area contributed by atoms with Crippen molar-refractivity contribution in [1.29, 1.82) is 0 Å². The predicted molar refractivity (Wildman–Crippen MR) is 28.1 cm³/mol. The van der Waals surface area contributed by atoms with Gasteiger partial charge in [0.1, 0.15) is 5.82 Å². The molecule has 1 aromatic heterocycles. The fourth-order valence-electron chi connectivity index (χ4n) is 0.524. The van der Waals surface area contributed by atoms with Gasteiger partial charge < -0.3 is 0 Å². The Kier molecular flexibility index (Phi) is 2.14. The third-order valence-corrected chi connectivity index (χ3v) is 0.947. The molecule has 5 nitrogen and oxygen atoms in total. The molecule has 0 aliphatic heterocycles. The molecule has 1 rings (SSSR count). The Labute approximate surface area is 52.1 Å². The molecule has 0 atom stereocenters. The summed E-state index contributed by atoms with van der Waals surface area (Å²) in [5.41, 5.74) is 0. The van der Waals surface area contributed by atoms with E-state index in [0.29, 0.717) is 18.7 Å². The van der Waals surface area contributed by atoms with Crippen LogP contribution in [0.5, 0.6) is 0 Å².